The average Bonchev–Trinajstić information content (AvgIpc) is 3.55. The molecule has 3 aliphatic heterocycles. The average molecular weight is 428 g/mol. The van der Waals surface area contributed by atoms with Gasteiger partial charge in [0, 0.05) is 63.5 Å². The van der Waals surface area contributed by atoms with Gasteiger partial charge in [-0.1, -0.05) is 0 Å². The Morgan fingerprint density at radius 1 is 1.23 bits per heavy atom. The summed E-state index contributed by atoms with van der Waals surface area (Å²) in [6.45, 7) is 7.70. The Hall–Kier alpha value is -2.10. The molecule has 5 heterocycles. The van der Waals surface area contributed by atoms with Gasteiger partial charge < -0.3 is 15.1 Å². The first-order valence-electron chi connectivity index (χ1n) is 10.7. The van der Waals surface area contributed by atoms with Crippen LogP contribution in [-0.2, 0) is 4.79 Å². The van der Waals surface area contributed by atoms with Gasteiger partial charge >= 0.3 is 0 Å². The molecular formula is C21H29N7OS. The highest BCUT2D eigenvalue weighted by molar-refractivity contribution is 7.99. The van der Waals surface area contributed by atoms with Crippen LogP contribution in [-0.4, -0.2) is 93.2 Å². The van der Waals surface area contributed by atoms with Crippen LogP contribution in [0.15, 0.2) is 30.7 Å². The predicted octanol–water partition coefficient (Wildman–Crippen LogP) is 0.961. The summed E-state index contributed by atoms with van der Waals surface area (Å²) in [6.07, 6.45) is 6.67. The quantitative estimate of drug-likeness (QED) is 0.779. The smallest absolute Gasteiger partial charge is 0.240 e. The lowest BCUT2D eigenvalue weighted by Crippen LogP contribution is -2.51. The minimum absolute atomic E-state index is 0.0149. The molecule has 9 heteroatoms. The summed E-state index contributed by atoms with van der Waals surface area (Å²) < 4.78 is 2.14. The van der Waals surface area contributed by atoms with Gasteiger partial charge in [0.15, 0.2) is 0 Å². The number of nitrogens with zero attached hydrogens (tertiary/aromatic N) is 6. The number of carbonyl (C=O) groups is 1. The number of rotatable bonds is 4. The lowest BCUT2D eigenvalue weighted by atomic mass is 10.1. The van der Waals surface area contributed by atoms with Crippen LogP contribution >= 0.6 is 11.8 Å². The van der Waals surface area contributed by atoms with E-state index in [-0.39, 0.29) is 11.9 Å². The van der Waals surface area contributed by atoms with E-state index in [1.54, 1.807) is 6.20 Å². The fraction of sp³-hybridized carbons (Fsp3) is 0.571. The zero-order chi connectivity index (χ0) is 20.5. The fourth-order valence-electron chi connectivity index (χ4n) is 4.67. The van der Waals surface area contributed by atoms with Crippen molar-refractivity contribution in [1.29, 1.82) is 0 Å². The van der Waals surface area contributed by atoms with Gasteiger partial charge in [0.1, 0.15) is 0 Å². The molecule has 2 aromatic heterocycles. The predicted molar refractivity (Wildman–Crippen MR) is 119 cm³/mol. The maximum Gasteiger partial charge on any atom is 0.240 e. The van der Waals surface area contributed by atoms with E-state index in [1.165, 1.54) is 0 Å². The Bertz CT molecular complexity index is 875. The molecule has 0 saturated carbocycles. The third-order valence-electron chi connectivity index (χ3n) is 6.32. The Labute approximate surface area is 181 Å². The first-order chi connectivity index (χ1) is 14.7. The number of aryl methyl sites for hydroxylation is 1. The number of imidazole rings is 1. The normalized spacial score (nSPS) is 25.2. The number of anilines is 1. The maximum atomic E-state index is 12.7. The molecule has 5 rings (SSSR count). The molecule has 1 amide bonds. The van der Waals surface area contributed by atoms with Crippen molar-refractivity contribution < 1.29 is 4.79 Å². The van der Waals surface area contributed by atoms with Crippen LogP contribution in [0.25, 0.3) is 5.69 Å². The van der Waals surface area contributed by atoms with Crippen molar-refractivity contribution in [2.45, 2.75) is 25.4 Å². The molecule has 0 bridgehead atoms. The van der Waals surface area contributed by atoms with Crippen molar-refractivity contribution in [3.63, 3.8) is 0 Å². The van der Waals surface area contributed by atoms with Crippen molar-refractivity contribution in [3.05, 3.63) is 36.4 Å². The second-order valence-electron chi connectivity index (χ2n) is 8.28. The van der Waals surface area contributed by atoms with Crippen LogP contribution in [0, 0.1) is 6.92 Å². The van der Waals surface area contributed by atoms with E-state index in [9.17, 15) is 4.79 Å². The molecule has 3 saturated heterocycles. The minimum Gasteiger partial charge on any atom is -0.339 e. The summed E-state index contributed by atoms with van der Waals surface area (Å²) in [7, 11) is 0. The monoisotopic (exact) mass is 427 g/mol. The van der Waals surface area contributed by atoms with Gasteiger partial charge in [0.05, 0.1) is 29.5 Å². The Morgan fingerprint density at radius 3 is 2.83 bits per heavy atom. The van der Waals surface area contributed by atoms with E-state index in [0.717, 1.165) is 74.6 Å². The summed E-state index contributed by atoms with van der Waals surface area (Å²) in [5, 5.41) is 3.48. The van der Waals surface area contributed by atoms with E-state index < -0.39 is 0 Å². The summed E-state index contributed by atoms with van der Waals surface area (Å²) in [5.41, 5.74) is 2.05. The molecule has 160 valence electrons. The Balaban J connectivity index is 1.20. The van der Waals surface area contributed by atoms with Crippen molar-refractivity contribution in [2.24, 2.45) is 0 Å². The second kappa shape index (κ2) is 8.56. The highest BCUT2D eigenvalue weighted by Gasteiger charge is 2.37. The first kappa shape index (κ1) is 19.8. The van der Waals surface area contributed by atoms with Gasteiger partial charge in [-0.15, -0.1) is 11.8 Å². The van der Waals surface area contributed by atoms with Gasteiger partial charge in [0.25, 0.3) is 0 Å². The van der Waals surface area contributed by atoms with Crippen molar-refractivity contribution in [2.75, 3.05) is 55.8 Å². The molecule has 30 heavy (non-hydrogen) atoms. The number of pyridine rings is 1. The van der Waals surface area contributed by atoms with Crippen molar-refractivity contribution >= 4 is 23.6 Å². The maximum absolute atomic E-state index is 12.7. The largest absolute Gasteiger partial charge is 0.339 e. The number of hydrogen-bond acceptors (Lipinski definition) is 7. The first-order valence-corrected chi connectivity index (χ1v) is 11.9. The topological polar surface area (TPSA) is 69.5 Å². The molecule has 3 aliphatic rings. The number of aromatic nitrogens is 3. The highest BCUT2D eigenvalue weighted by Crippen LogP contribution is 2.24. The van der Waals surface area contributed by atoms with Gasteiger partial charge in [-0.25, -0.2) is 4.98 Å². The summed E-state index contributed by atoms with van der Waals surface area (Å²) in [5.74, 6) is 3.20. The molecule has 0 aliphatic carbocycles. The van der Waals surface area contributed by atoms with E-state index in [1.807, 2.05) is 35.8 Å². The molecule has 3 fully saturated rings. The van der Waals surface area contributed by atoms with E-state index >= 15 is 0 Å². The van der Waals surface area contributed by atoms with Gasteiger partial charge in [-0.05, 0) is 25.5 Å². The number of piperazine rings is 1. The second-order valence-corrected chi connectivity index (χ2v) is 9.35. The van der Waals surface area contributed by atoms with Gasteiger partial charge in [-0.2, -0.15) is 0 Å². The molecule has 8 nitrogen and oxygen atoms in total. The van der Waals surface area contributed by atoms with E-state index in [4.69, 9.17) is 4.98 Å². The van der Waals surface area contributed by atoms with Crippen LogP contribution in [0.5, 0.6) is 0 Å². The Kier molecular flexibility index (Phi) is 5.66. The molecule has 0 aromatic carbocycles. The Morgan fingerprint density at radius 2 is 2.10 bits per heavy atom. The van der Waals surface area contributed by atoms with Crippen LogP contribution in [0.1, 0.15) is 12.1 Å². The third-order valence-corrected chi connectivity index (χ3v) is 7.28. The molecule has 0 spiro atoms. The number of hydrogen-bond donors (Lipinski definition) is 1. The fourth-order valence-corrected chi connectivity index (χ4v) is 5.63. The zero-order valence-corrected chi connectivity index (χ0v) is 18.2. The van der Waals surface area contributed by atoms with Crippen molar-refractivity contribution in [3.8, 4) is 5.69 Å². The minimum atomic E-state index is -0.0149. The third kappa shape index (κ3) is 3.93. The molecule has 0 radical (unpaired) electrons. The molecule has 2 aromatic rings. The number of amides is 1. The van der Waals surface area contributed by atoms with Crippen LogP contribution < -0.4 is 10.2 Å². The summed E-state index contributed by atoms with van der Waals surface area (Å²) in [6, 6.07) is 4.45. The number of thioether (sulfide) groups is 1. The summed E-state index contributed by atoms with van der Waals surface area (Å²) >= 11 is 1.85. The highest BCUT2D eigenvalue weighted by atomic mass is 32.2. The van der Waals surface area contributed by atoms with E-state index in [0.29, 0.717) is 6.04 Å². The van der Waals surface area contributed by atoms with Gasteiger partial charge in [0.2, 0.25) is 11.9 Å². The number of nitrogens with one attached hydrogen (secondary N) is 1. The lowest BCUT2D eigenvalue weighted by molar-refractivity contribution is -0.131. The SMILES string of the molecule is Cc1cn(-c2cccnc2)c(N2CCN([C@@H]3CN[C@H](C(=O)N4CCSC4)C3)CC2)n1. The van der Waals surface area contributed by atoms with E-state index in [2.05, 4.69) is 36.9 Å². The standard InChI is InChI=1S/C21H29N7OS/c1-16-14-28(17-3-2-4-22-12-17)21(24-16)26-7-5-25(6-8-26)18-11-19(23-13-18)20(29)27-9-10-30-15-27/h2-4,12,14,18-19,23H,5-11,13,15H2,1H3/t18-,19-/m0/s1. The van der Waals surface area contributed by atoms with Crippen LogP contribution in [0.3, 0.4) is 0 Å². The van der Waals surface area contributed by atoms with Crippen LogP contribution in [0.2, 0.25) is 0 Å². The van der Waals surface area contributed by atoms with Crippen molar-refractivity contribution in [1.82, 2.24) is 29.7 Å². The molecule has 0 unspecified atom stereocenters. The zero-order valence-electron chi connectivity index (χ0n) is 17.4. The molecule has 1 N–H and O–H groups in total. The van der Waals surface area contributed by atoms with Crippen LogP contribution in [0.4, 0.5) is 5.95 Å². The summed E-state index contributed by atoms with van der Waals surface area (Å²) in [4.78, 5) is 28.7. The lowest BCUT2D eigenvalue weighted by Gasteiger charge is -2.38. The number of carbonyl (C=O) groups excluding carboxylic acids is 1. The molecule has 2 atom stereocenters. The molecular weight excluding hydrogens is 398 g/mol. The van der Waals surface area contributed by atoms with Gasteiger partial charge in [-0.3, -0.25) is 19.2 Å².